The summed E-state index contributed by atoms with van der Waals surface area (Å²) in [7, 11) is 0. The molecule has 1 aliphatic rings. The predicted molar refractivity (Wildman–Crippen MR) is 143 cm³/mol. The number of thiazole rings is 1. The summed E-state index contributed by atoms with van der Waals surface area (Å²) in [5.41, 5.74) is 1.17. The molecule has 1 saturated carbocycles. The topological polar surface area (TPSA) is 111 Å². The Morgan fingerprint density at radius 1 is 1.27 bits per heavy atom. The number of nitrogens with zero attached hydrogens (tertiary/aromatic N) is 2. The molecule has 3 aromatic rings. The van der Waals surface area contributed by atoms with E-state index in [-0.39, 0.29) is 18.4 Å². The number of benzene rings is 1. The molecule has 2 N–H and O–H groups in total. The molecule has 1 aliphatic carbocycles. The Hall–Kier alpha value is -3.43. The van der Waals surface area contributed by atoms with Crippen LogP contribution in [-0.2, 0) is 11.2 Å². The van der Waals surface area contributed by atoms with E-state index in [0.717, 1.165) is 17.2 Å². The predicted octanol–water partition coefficient (Wildman–Crippen LogP) is 6.01. The molecule has 2 heterocycles. The van der Waals surface area contributed by atoms with Gasteiger partial charge in [0.15, 0.2) is 0 Å². The molecule has 0 spiro atoms. The highest BCUT2D eigenvalue weighted by Crippen LogP contribution is 2.35. The van der Waals surface area contributed by atoms with Crippen molar-refractivity contribution in [3.63, 3.8) is 0 Å². The zero-order chi connectivity index (χ0) is 26.2. The van der Waals surface area contributed by atoms with Crippen LogP contribution in [0.1, 0.15) is 53.5 Å². The van der Waals surface area contributed by atoms with Crippen molar-refractivity contribution in [2.24, 2.45) is 5.92 Å². The normalized spacial score (nSPS) is 13.9. The van der Waals surface area contributed by atoms with Crippen LogP contribution in [0.25, 0.3) is 6.08 Å². The van der Waals surface area contributed by atoms with Gasteiger partial charge in [-0.25, -0.2) is 4.98 Å². The van der Waals surface area contributed by atoms with E-state index in [4.69, 9.17) is 26.2 Å². The summed E-state index contributed by atoms with van der Waals surface area (Å²) in [5.74, 6) is 0.820. The molecule has 0 bridgehead atoms. The molecule has 194 valence electrons. The second-order valence-corrected chi connectivity index (χ2v) is 10.3. The monoisotopic (exact) mass is 541 g/mol. The lowest BCUT2D eigenvalue weighted by Crippen LogP contribution is -2.31. The van der Waals surface area contributed by atoms with Crippen LogP contribution >= 0.6 is 22.9 Å². The molecule has 1 fully saturated rings. The summed E-state index contributed by atoms with van der Waals surface area (Å²) in [6.45, 7) is 2.59. The molecule has 0 radical (unpaired) electrons. The van der Waals surface area contributed by atoms with Crippen molar-refractivity contribution in [3.8, 4) is 16.7 Å². The van der Waals surface area contributed by atoms with E-state index < -0.39 is 5.97 Å². The van der Waals surface area contributed by atoms with Crippen molar-refractivity contribution < 1.29 is 24.2 Å². The van der Waals surface area contributed by atoms with Gasteiger partial charge in [-0.1, -0.05) is 29.0 Å². The van der Waals surface area contributed by atoms with Gasteiger partial charge in [0, 0.05) is 42.2 Å². The van der Waals surface area contributed by atoms with E-state index in [2.05, 4.69) is 15.3 Å². The number of halogens is 1. The van der Waals surface area contributed by atoms with Crippen molar-refractivity contribution in [1.82, 2.24) is 15.3 Å². The maximum Gasteiger partial charge on any atom is 0.303 e. The molecule has 37 heavy (non-hydrogen) atoms. The van der Waals surface area contributed by atoms with E-state index in [9.17, 15) is 9.59 Å². The zero-order valence-corrected chi connectivity index (χ0v) is 21.9. The molecular formula is C27H28ClN3O5S. The van der Waals surface area contributed by atoms with Gasteiger partial charge < -0.3 is 19.9 Å². The second-order valence-electron chi connectivity index (χ2n) is 8.88. The van der Waals surface area contributed by atoms with E-state index in [1.165, 1.54) is 24.2 Å². The number of aryl methyl sites for hydroxylation is 1. The lowest BCUT2D eigenvalue weighted by Gasteiger charge is -2.10. The number of amides is 1. The lowest BCUT2D eigenvalue weighted by molar-refractivity contribution is -0.137. The quantitative estimate of drug-likeness (QED) is 0.272. The molecule has 8 nitrogen and oxygen atoms in total. The first-order valence-corrected chi connectivity index (χ1v) is 13.3. The molecule has 1 atom stereocenters. The summed E-state index contributed by atoms with van der Waals surface area (Å²) < 4.78 is 11.6. The first-order chi connectivity index (χ1) is 17.9. The number of ether oxygens (including phenoxy) is 2. The van der Waals surface area contributed by atoms with Crippen LogP contribution < -0.4 is 14.8 Å². The third-order valence-electron chi connectivity index (χ3n) is 5.60. The summed E-state index contributed by atoms with van der Waals surface area (Å²) in [6, 6.07) is 8.45. The summed E-state index contributed by atoms with van der Waals surface area (Å²) in [6.07, 6.45) is 10.5. The van der Waals surface area contributed by atoms with Crippen molar-refractivity contribution in [3.05, 3.63) is 70.0 Å². The van der Waals surface area contributed by atoms with E-state index >= 15 is 0 Å². The van der Waals surface area contributed by atoms with Crippen molar-refractivity contribution in [2.75, 3.05) is 6.61 Å². The average molecular weight is 542 g/mol. The van der Waals surface area contributed by atoms with E-state index in [1.807, 2.05) is 25.1 Å². The largest absolute Gasteiger partial charge is 0.493 e. The lowest BCUT2D eigenvalue weighted by atomic mass is 10.1. The number of carboxylic acids is 1. The number of carboxylic acid groups (broad SMARTS) is 1. The fourth-order valence-corrected chi connectivity index (χ4v) is 4.29. The van der Waals surface area contributed by atoms with Gasteiger partial charge in [-0.3, -0.25) is 14.6 Å². The number of carbonyl (C=O) groups is 2. The molecule has 0 saturated heterocycles. The standard InChI is InChI=1S/C27H28ClN3O5S/c1-17(31-26(34)19-11-12-29-20(13-19)3-2-4-25(32)33)5-9-22-15-30-27(37-22)36-24-10-8-21(14-23(24)28)35-16-18-6-7-18/h5,8-15,17-18H,2-4,6-7,16H2,1H3,(H,31,34)(H,32,33)/b9-5+/t17-/m0/s1. The van der Waals surface area contributed by atoms with Gasteiger partial charge in [-0.05, 0) is 68.9 Å². The van der Waals surface area contributed by atoms with Crippen molar-refractivity contribution in [1.29, 1.82) is 0 Å². The number of rotatable bonds is 13. The zero-order valence-electron chi connectivity index (χ0n) is 20.4. The summed E-state index contributed by atoms with van der Waals surface area (Å²) in [4.78, 5) is 32.7. The van der Waals surface area contributed by atoms with E-state index in [0.29, 0.717) is 46.0 Å². The Morgan fingerprint density at radius 3 is 2.86 bits per heavy atom. The third-order valence-corrected chi connectivity index (χ3v) is 6.73. The number of hydrogen-bond donors (Lipinski definition) is 2. The van der Waals surface area contributed by atoms with Crippen molar-refractivity contribution in [2.45, 2.75) is 45.1 Å². The molecule has 2 aromatic heterocycles. The first-order valence-electron chi connectivity index (χ1n) is 12.1. The Kier molecular flexibility index (Phi) is 9.14. The smallest absolute Gasteiger partial charge is 0.303 e. The van der Waals surface area contributed by atoms with Crippen LogP contribution in [0.3, 0.4) is 0 Å². The minimum Gasteiger partial charge on any atom is -0.493 e. The fourth-order valence-electron chi connectivity index (χ4n) is 3.40. The molecular weight excluding hydrogens is 514 g/mol. The third kappa shape index (κ3) is 8.58. The molecule has 4 rings (SSSR count). The molecule has 0 unspecified atom stereocenters. The van der Waals surface area contributed by atoms with E-state index in [1.54, 1.807) is 36.7 Å². The van der Waals surface area contributed by atoms with Crippen LogP contribution in [0.15, 0.2) is 48.8 Å². The highest BCUT2D eigenvalue weighted by molar-refractivity contribution is 7.14. The van der Waals surface area contributed by atoms with Crippen molar-refractivity contribution >= 4 is 40.9 Å². The molecule has 0 aliphatic heterocycles. The molecule has 10 heteroatoms. The number of pyridine rings is 1. The van der Waals surface area contributed by atoms with Crippen LogP contribution in [0.4, 0.5) is 0 Å². The Labute approximate surface area is 224 Å². The van der Waals surface area contributed by atoms with Crippen LogP contribution in [0, 0.1) is 5.92 Å². The van der Waals surface area contributed by atoms with Crippen LogP contribution in [0.5, 0.6) is 16.7 Å². The second kappa shape index (κ2) is 12.7. The Bertz CT molecular complexity index is 1270. The van der Waals surface area contributed by atoms with Gasteiger partial charge in [0.1, 0.15) is 11.5 Å². The van der Waals surface area contributed by atoms with Gasteiger partial charge >= 0.3 is 5.97 Å². The molecule has 1 aromatic carbocycles. The number of nitrogens with one attached hydrogen (secondary N) is 1. The van der Waals surface area contributed by atoms with Crippen LogP contribution in [0.2, 0.25) is 5.02 Å². The average Bonchev–Trinajstić information content (AvgIpc) is 3.60. The summed E-state index contributed by atoms with van der Waals surface area (Å²) >= 11 is 7.72. The minimum absolute atomic E-state index is 0.0683. The highest BCUT2D eigenvalue weighted by Gasteiger charge is 2.22. The van der Waals surface area contributed by atoms with Gasteiger partial charge in [0.2, 0.25) is 0 Å². The van der Waals surface area contributed by atoms with Gasteiger partial charge in [0.05, 0.1) is 16.5 Å². The first kappa shape index (κ1) is 26.6. The number of aromatic nitrogens is 2. The van der Waals surface area contributed by atoms with Gasteiger partial charge in [-0.2, -0.15) is 0 Å². The number of carbonyl (C=O) groups excluding carboxylic acids is 1. The Balaban J connectivity index is 1.27. The maximum absolute atomic E-state index is 12.6. The van der Waals surface area contributed by atoms with Crippen LogP contribution in [-0.4, -0.2) is 39.6 Å². The van der Waals surface area contributed by atoms with Gasteiger partial charge in [-0.15, -0.1) is 0 Å². The highest BCUT2D eigenvalue weighted by atomic mass is 35.5. The maximum atomic E-state index is 12.6. The SMILES string of the molecule is C[C@@H](/C=C/c1cnc(Oc2ccc(OCC3CC3)cc2Cl)s1)NC(=O)c1ccnc(CCCC(=O)O)c1. The minimum atomic E-state index is -0.846. The Morgan fingerprint density at radius 2 is 2.11 bits per heavy atom. The van der Waals surface area contributed by atoms with Gasteiger partial charge in [0.25, 0.3) is 11.1 Å². The summed E-state index contributed by atoms with van der Waals surface area (Å²) in [5, 5.41) is 12.6. The number of aliphatic carboxylic acids is 1. The number of hydrogen-bond acceptors (Lipinski definition) is 7. The molecule has 1 amide bonds. The fraction of sp³-hybridized carbons (Fsp3) is 0.333.